The van der Waals surface area contributed by atoms with Gasteiger partial charge in [-0.15, -0.1) is 0 Å². The van der Waals surface area contributed by atoms with E-state index >= 15 is 0 Å². The lowest BCUT2D eigenvalue weighted by atomic mass is 10.1. The van der Waals surface area contributed by atoms with Crippen LogP contribution in [0.25, 0.3) is 0 Å². The van der Waals surface area contributed by atoms with Gasteiger partial charge in [0.1, 0.15) is 0 Å². The molecule has 0 atom stereocenters. The third-order valence-electron chi connectivity index (χ3n) is 3.58. The van der Waals surface area contributed by atoms with Crippen molar-refractivity contribution in [2.45, 2.75) is 25.7 Å². The molecule has 3 nitrogen and oxygen atoms in total. The van der Waals surface area contributed by atoms with Crippen LogP contribution in [0.15, 0.2) is 18.2 Å². The molecule has 0 spiro atoms. The Morgan fingerprint density at radius 2 is 2.15 bits per heavy atom. The molecule has 1 aromatic rings. The van der Waals surface area contributed by atoms with Gasteiger partial charge in [0.05, 0.1) is 11.6 Å². The molecule has 0 saturated heterocycles. The van der Waals surface area contributed by atoms with Gasteiger partial charge < -0.3 is 11.1 Å². The second kappa shape index (κ2) is 7.33. The van der Waals surface area contributed by atoms with Gasteiger partial charge in [-0.2, -0.15) is 0 Å². The largest absolute Gasteiger partial charge is 0.352 e. The Labute approximate surface area is 124 Å². The minimum Gasteiger partial charge on any atom is -0.352 e. The summed E-state index contributed by atoms with van der Waals surface area (Å²) in [4.78, 5) is 12.1. The minimum absolute atomic E-state index is 0.0721. The summed E-state index contributed by atoms with van der Waals surface area (Å²) in [5, 5.41) is 3.46. The zero-order valence-electron chi connectivity index (χ0n) is 11.4. The van der Waals surface area contributed by atoms with Crippen molar-refractivity contribution in [2.24, 2.45) is 11.7 Å². The number of amides is 1. The average molecular weight is 291 g/mol. The first-order valence-electron chi connectivity index (χ1n) is 6.97. The summed E-state index contributed by atoms with van der Waals surface area (Å²) in [5.41, 5.74) is 6.60. The first kappa shape index (κ1) is 14.9. The van der Waals surface area contributed by atoms with Gasteiger partial charge in [-0.1, -0.05) is 36.3 Å². The monoisotopic (exact) mass is 290 g/mol. The van der Waals surface area contributed by atoms with Crippen LogP contribution in [0.3, 0.4) is 0 Å². The Kier molecular flexibility index (Phi) is 5.46. The maximum Gasteiger partial charge on any atom is 0.251 e. The molecule has 0 radical (unpaired) electrons. The van der Waals surface area contributed by atoms with Gasteiger partial charge in [0, 0.05) is 17.7 Å². The normalized spacial score (nSPS) is 14.7. The zero-order chi connectivity index (χ0) is 14.4. The molecule has 0 heterocycles. The highest BCUT2D eigenvalue weighted by atomic mass is 35.5. The topological polar surface area (TPSA) is 55.1 Å². The molecule has 1 aliphatic rings. The van der Waals surface area contributed by atoms with Crippen molar-refractivity contribution >= 4 is 17.5 Å². The van der Waals surface area contributed by atoms with Crippen LogP contribution in [-0.4, -0.2) is 19.0 Å². The lowest BCUT2D eigenvalue weighted by molar-refractivity contribution is 0.0947. The number of halogens is 1. The van der Waals surface area contributed by atoms with E-state index in [0.717, 1.165) is 6.54 Å². The maximum absolute atomic E-state index is 12.1. The van der Waals surface area contributed by atoms with Crippen molar-refractivity contribution in [2.75, 3.05) is 13.1 Å². The van der Waals surface area contributed by atoms with Gasteiger partial charge in [-0.25, -0.2) is 0 Å². The van der Waals surface area contributed by atoms with Gasteiger partial charge in [0.15, 0.2) is 0 Å². The molecule has 106 valence electrons. The summed E-state index contributed by atoms with van der Waals surface area (Å²) < 4.78 is 0. The van der Waals surface area contributed by atoms with Gasteiger partial charge in [-0.3, -0.25) is 4.79 Å². The number of rotatable bonds is 3. The average Bonchev–Trinajstić information content (AvgIpc) is 2.96. The Morgan fingerprint density at radius 3 is 2.80 bits per heavy atom. The number of carbonyl (C=O) groups excluding carboxylic acids is 1. The quantitative estimate of drug-likeness (QED) is 0.841. The van der Waals surface area contributed by atoms with Gasteiger partial charge in [-0.05, 0) is 37.0 Å². The van der Waals surface area contributed by atoms with Crippen LogP contribution in [0, 0.1) is 17.8 Å². The summed E-state index contributed by atoms with van der Waals surface area (Å²) >= 11 is 6.11. The molecule has 20 heavy (non-hydrogen) atoms. The first-order chi connectivity index (χ1) is 9.70. The number of nitrogens with one attached hydrogen (secondary N) is 1. The van der Waals surface area contributed by atoms with E-state index in [1.54, 1.807) is 18.2 Å². The van der Waals surface area contributed by atoms with E-state index in [9.17, 15) is 4.79 Å². The molecular formula is C16H19ClN2O. The van der Waals surface area contributed by atoms with Crippen LogP contribution in [0.2, 0.25) is 5.02 Å². The standard InChI is InChI=1S/C16H19ClN2O/c17-15-10-14(8-7-13(15)6-3-9-18)16(20)19-11-12-4-1-2-5-12/h7-8,10,12H,1-2,4-5,9,11,18H2,(H,19,20). The van der Waals surface area contributed by atoms with E-state index < -0.39 is 0 Å². The van der Waals surface area contributed by atoms with Crippen molar-refractivity contribution in [3.63, 3.8) is 0 Å². The summed E-state index contributed by atoms with van der Waals surface area (Å²) in [7, 11) is 0. The third kappa shape index (κ3) is 4.00. The molecule has 1 saturated carbocycles. The molecule has 1 aromatic carbocycles. The van der Waals surface area contributed by atoms with Gasteiger partial charge in [0.25, 0.3) is 5.91 Å². The van der Waals surface area contributed by atoms with Crippen molar-refractivity contribution in [1.29, 1.82) is 0 Å². The summed E-state index contributed by atoms with van der Waals surface area (Å²) in [6.45, 7) is 1.05. The highest BCUT2D eigenvalue weighted by molar-refractivity contribution is 6.32. The maximum atomic E-state index is 12.1. The fourth-order valence-electron chi connectivity index (χ4n) is 2.46. The molecule has 1 fully saturated rings. The van der Waals surface area contributed by atoms with Crippen LogP contribution in [0.5, 0.6) is 0 Å². The molecule has 2 rings (SSSR count). The van der Waals surface area contributed by atoms with Crippen molar-refractivity contribution in [3.8, 4) is 11.8 Å². The van der Waals surface area contributed by atoms with Crippen LogP contribution >= 0.6 is 11.6 Å². The summed E-state index contributed by atoms with van der Waals surface area (Å²) in [6, 6.07) is 5.16. The molecule has 0 aliphatic heterocycles. The molecule has 0 unspecified atom stereocenters. The van der Waals surface area contributed by atoms with E-state index in [1.807, 2.05) is 0 Å². The van der Waals surface area contributed by atoms with E-state index in [4.69, 9.17) is 17.3 Å². The van der Waals surface area contributed by atoms with E-state index in [1.165, 1.54) is 25.7 Å². The lowest BCUT2D eigenvalue weighted by Gasteiger charge is -2.11. The fourth-order valence-corrected chi connectivity index (χ4v) is 2.69. The SMILES string of the molecule is NCC#Cc1ccc(C(=O)NCC2CCCC2)cc1Cl. The third-order valence-corrected chi connectivity index (χ3v) is 3.90. The Bertz CT molecular complexity index is 539. The van der Waals surface area contributed by atoms with E-state index in [2.05, 4.69) is 17.2 Å². The number of carbonyl (C=O) groups is 1. The highest BCUT2D eigenvalue weighted by Gasteiger charge is 2.16. The summed E-state index contributed by atoms with van der Waals surface area (Å²) in [6.07, 6.45) is 4.99. The summed E-state index contributed by atoms with van der Waals surface area (Å²) in [5.74, 6) is 6.18. The lowest BCUT2D eigenvalue weighted by Crippen LogP contribution is -2.28. The Morgan fingerprint density at radius 1 is 1.40 bits per heavy atom. The highest BCUT2D eigenvalue weighted by Crippen LogP contribution is 2.24. The van der Waals surface area contributed by atoms with Crippen LogP contribution < -0.4 is 11.1 Å². The predicted molar refractivity (Wildman–Crippen MR) is 81.7 cm³/mol. The predicted octanol–water partition coefficient (Wildman–Crippen LogP) is 2.57. The fraction of sp³-hybridized carbons (Fsp3) is 0.438. The van der Waals surface area contributed by atoms with Gasteiger partial charge >= 0.3 is 0 Å². The second-order valence-corrected chi connectivity index (χ2v) is 5.47. The molecule has 0 bridgehead atoms. The van der Waals surface area contributed by atoms with Crippen molar-refractivity contribution < 1.29 is 4.79 Å². The van der Waals surface area contributed by atoms with E-state index in [-0.39, 0.29) is 5.91 Å². The van der Waals surface area contributed by atoms with Crippen molar-refractivity contribution in [3.05, 3.63) is 34.3 Å². The van der Waals surface area contributed by atoms with Crippen molar-refractivity contribution in [1.82, 2.24) is 5.32 Å². The molecular weight excluding hydrogens is 272 g/mol. The van der Waals surface area contributed by atoms with E-state index in [0.29, 0.717) is 28.6 Å². The van der Waals surface area contributed by atoms with Crippen LogP contribution in [-0.2, 0) is 0 Å². The number of benzene rings is 1. The number of nitrogens with two attached hydrogens (primary N) is 1. The minimum atomic E-state index is -0.0721. The van der Waals surface area contributed by atoms with Crippen LogP contribution in [0.1, 0.15) is 41.6 Å². The Hall–Kier alpha value is -1.50. The first-order valence-corrected chi connectivity index (χ1v) is 7.35. The molecule has 0 aromatic heterocycles. The number of hydrogen-bond donors (Lipinski definition) is 2. The molecule has 1 aliphatic carbocycles. The zero-order valence-corrected chi connectivity index (χ0v) is 12.2. The molecule has 4 heteroatoms. The Balaban J connectivity index is 1.97. The second-order valence-electron chi connectivity index (χ2n) is 5.06. The van der Waals surface area contributed by atoms with Gasteiger partial charge in [0.2, 0.25) is 0 Å². The smallest absolute Gasteiger partial charge is 0.251 e. The molecule has 1 amide bonds. The van der Waals surface area contributed by atoms with Crippen LogP contribution in [0.4, 0.5) is 0 Å². The number of hydrogen-bond acceptors (Lipinski definition) is 2. The molecule has 3 N–H and O–H groups in total.